The first-order valence-electron chi connectivity index (χ1n) is 41.4. The third-order valence-corrected chi connectivity index (χ3v) is 23.4. The van der Waals surface area contributed by atoms with Crippen LogP contribution in [0.4, 0.5) is 34.1 Å². The first kappa shape index (κ1) is 72.3. The molecule has 0 saturated heterocycles. The zero-order chi connectivity index (χ0) is 82.0. The van der Waals surface area contributed by atoms with Crippen LogP contribution in [-0.2, 0) is 0 Å². The van der Waals surface area contributed by atoms with E-state index in [2.05, 4.69) is 245 Å². The van der Waals surface area contributed by atoms with Gasteiger partial charge >= 0.3 is 0 Å². The standard InChI is InChI=1S/C109H69BN14/c1-10-32-71(33-11-1)90-69-91(112-100(111-90)78-56-54-70(55-57-78)84-61-65-97-98-99(84)123(83-48-26-9-27-49-83)96-53-31-29-51-89(96)110(98)88-50-28-30-52-95(88)122(97)82-46-24-8-25-47-82)87-68-81(109-120-105(76-42-20-6-21-43-76)115-106(121-109)77-44-22-7-23-45-77)60-64-94(87)124-92-62-58-79(107-116-101(72-34-12-2-13-35-72)113-102(117-107)73-36-14-3-15-37-73)66-85(92)86-67-80(59-63-93(86)124)108-118-103(74-38-16-4-17-39-74)114-104(119-108)75-40-18-5-19-41-75/h1-69H. The molecule has 0 spiro atoms. The second-order valence-corrected chi connectivity index (χ2v) is 30.8. The summed E-state index contributed by atoms with van der Waals surface area (Å²) in [5, 5.41) is 1.83. The molecule has 0 radical (unpaired) electrons. The number of hydrogen-bond acceptors (Lipinski definition) is 13. The highest BCUT2D eigenvalue weighted by atomic mass is 15.2. The highest BCUT2D eigenvalue weighted by Gasteiger charge is 2.44. The zero-order valence-electron chi connectivity index (χ0n) is 66.7. The van der Waals surface area contributed by atoms with E-state index >= 15 is 0 Å². The molecular weight excluding hydrogens is 1520 g/mol. The number of para-hydroxylation sites is 4. The summed E-state index contributed by atoms with van der Waals surface area (Å²) >= 11 is 0. The monoisotopic (exact) mass is 1580 g/mol. The molecule has 0 bridgehead atoms. The second kappa shape index (κ2) is 30.8. The molecule has 0 saturated carbocycles. The van der Waals surface area contributed by atoms with E-state index < -0.39 is 0 Å². The van der Waals surface area contributed by atoms with Crippen molar-refractivity contribution < 1.29 is 0 Å². The Labute approximate surface area is 715 Å². The van der Waals surface area contributed by atoms with E-state index in [1.54, 1.807) is 0 Å². The molecule has 0 unspecified atom stereocenters. The predicted octanol–water partition coefficient (Wildman–Crippen LogP) is 23.9. The van der Waals surface area contributed by atoms with Gasteiger partial charge in [-0.25, -0.2) is 54.8 Å². The maximum absolute atomic E-state index is 5.85. The van der Waals surface area contributed by atoms with Crippen molar-refractivity contribution in [1.29, 1.82) is 0 Å². The Morgan fingerprint density at radius 2 is 0.484 bits per heavy atom. The van der Waals surface area contributed by atoms with Gasteiger partial charge in [-0.15, -0.1) is 0 Å². The molecule has 0 atom stereocenters. The van der Waals surface area contributed by atoms with Gasteiger partial charge in [0.2, 0.25) is 0 Å². The summed E-state index contributed by atoms with van der Waals surface area (Å²) in [6.07, 6.45) is 0. The fraction of sp³-hybridized carbons (Fsp3) is 0. The van der Waals surface area contributed by atoms with Gasteiger partial charge in [-0.2, -0.15) is 0 Å². The van der Waals surface area contributed by atoms with Crippen molar-refractivity contribution in [1.82, 2.24) is 59.4 Å². The largest absolute Gasteiger partial charge is 0.311 e. The molecule has 2 aliphatic rings. The minimum atomic E-state index is -0.0694. The first-order chi connectivity index (χ1) is 61.5. The highest BCUT2D eigenvalue weighted by Crippen LogP contribution is 2.49. The molecule has 0 aliphatic carbocycles. The molecule has 15 heteroatoms. The van der Waals surface area contributed by atoms with Crippen molar-refractivity contribution in [3.05, 3.63) is 419 Å². The third kappa shape index (κ3) is 13.1. The second-order valence-electron chi connectivity index (χ2n) is 30.8. The SMILES string of the molecule is c1ccc(-c2cc(-c3cc(-c4nc(-c5ccccc5)nc(-c5ccccc5)n4)ccc3-n3c4ccc(-c5nc(-c6ccccc6)nc(-c6ccccc6)n5)cc4c4cc(-c5nc(-c6ccccc6)nc(-c6ccccc6)n5)ccc43)nc(-c3ccc(-c4ccc5c6c4N(c4ccccc4)c4ccccc4B6c4ccccc4N5c4ccccc4)cc3)n2)cc1. The van der Waals surface area contributed by atoms with Gasteiger partial charge in [0.1, 0.15) is 0 Å². The summed E-state index contributed by atoms with van der Waals surface area (Å²) in [6, 6.07) is 145. The Morgan fingerprint density at radius 1 is 0.185 bits per heavy atom. The summed E-state index contributed by atoms with van der Waals surface area (Å²) in [4.78, 5) is 63.7. The van der Waals surface area contributed by atoms with Crippen LogP contribution < -0.4 is 26.2 Å². The van der Waals surface area contributed by atoms with E-state index in [9.17, 15) is 0 Å². The van der Waals surface area contributed by atoms with Gasteiger partial charge in [0, 0.05) is 112 Å². The molecule has 16 aromatic carbocycles. The van der Waals surface area contributed by atoms with E-state index in [0.717, 1.165) is 145 Å². The Balaban J connectivity index is 0.751. The maximum atomic E-state index is 5.85. The van der Waals surface area contributed by atoms with Crippen molar-refractivity contribution in [2.45, 2.75) is 0 Å². The highest BCUT2D eigenvalue weighted by molar-refractivity contribution is 7.00. The topological polar surface area (TPSA) is 153 Å². The Morgan fingerprint density at radius 3 is 0.903 bits per heavy atom. The number of hydrogen-bond donors (Lipinski definition) is 0. The number of nitrogens with zero attached hydrogens (tertiary/aromatic N) is 14. The Hall–Kier alpha value is -16.9. The van der Waals surface area contributed by atoms with Crippen molar-refractivity contribution in [2.75, 3.05) is 9.80 Å². The van der Waals surface area contributed by atoms with Crippen LogP contribution >= 0.6 is 0 Å². The number of benzene rings is 16. The molecule has 578 valence electrons. The molecule has 0 amide bonds. The summed E-state index contributed by atoms with van der Waals surface area (Å²) in [6.45, 7) is -0.0694. The average molecular weight is 1590 g/mol. The quantitative estimate of drug-likeness (QED) is 0.0844. The van der Waals surface area contributed by atoms with Crippen molar-refractivity contribution >= 4 is 79.0 Å². The molecule has 5 aromatic heterocycles. The van der Waals surface area contributed by atoms with Crippen molar-refractivity contribution in [2.24, 2.45) is 0 Å². The van der Waals surface area contributed by atoms with Crippen LogP contribution in [0.2, 0.25) is 0 Å². The van der Waals surface area contributed by atoms with E-state index in [0.29, 0.717) is 63.9 Å². The smallest absolute Gasteiger partial charge is 0.252 e. The van der Waals surface area contributed by atoms with Crippen LogP contribution in [0.3, 0.4) is 0 Å². The zero-order valence-corrected chi connectivity index (χ0v) is 66.7. The molecule has 21 aromatic rings. The van der Waals surface area contributed by atoms with Crippen LogP contribution in [0.15, 0.2) is 419 Å². The fourth-order valence-electron chi connectivity index (χ4n) is 17.6. The number of rotatable bonds is 16. The normalized spacial score (nSPS) is 12.0. The van der Waals surface area contributed by atoms with Crippen LogP contribution in [-0.4, -0.2) is 66.1 Å². The maximum Gasteiger partial charge on any atom is 0.252 e. The van der Waals surface area contributed by atoms with Crippen LogP contribution in [0, 0.1) is 0 Å². The number of anilines is 6. The third-order valence-electron chi connectivity index (χ3n) is 23.4. The fourth-order valence-corrected chi connectivity index (χ4v) is 17.6. The van der Waals surface area contributed by atoms with Gasteiger partial charge < -0.3 is 14.4 Å². The Kier molecular flexibility index (Phi) is 18.0. The molecule has 14 nitrogen and oxygen atoms in total. The summed E-state index contributed by atoms with van der Waals surface area (Å²) < 4.78 is 2.34. The Bertz CT molecular complexity index is 7280. The predicted molar refractivity (Wildman–Crippen MR) is 501 cm³/mol. The summed E-state index contributed by atoms with van der Waals surface area (Å²) in [5.41, 5.74) is 26.5. The minimum absolute atomic E-state index is 0.0694. The molecular formula is C109H69BN14. The number of aromatic nitrogens is 12. The van der Waals surface area contributed by atoms with Crippen molar-refractivity contribution in [3.63, 3.8) is 0 Å². The van der Waals surface area contributed by atoms with Gasteiger partial charge in [-0.1, -0.05) is 315 Å². The van der Waals surface area contributed by atoms with Crippen LogP contribution in [0.25, 0.3) is 175 Å². The molecule has 23 rings (SSSR count). The van der Waals surface area contributed by atoms with Gasteiger partial charge in [-0.3, -0.25) is 0 Å². The minimum Gasteiger partial charge on any atom is -0.311 e. The van der Waals surface area contributed by atoms with Gasteiger partial charge in [-0.05, 0) is 125 Å². The van der Waals surface area contributed by atoms with Crippen LogP contribution in [0.5, 0.6) is 0 Å². The molecule has 124 heavy (non-hydrogen) atoms. The lowest BCUT2D eigenvalue weighted by atomic mass is 9.33. The van der Waals surface area contributed by atoms with Gasteiger partial charge in [0.05, 0.1) is 33.8 Å². The van der Waals surface area contributed by atoms with Gasteiger partial charge in [0.25, 0.3) is 6.71 Å². The van der Waals surface area contributed by atoms with Gasteiger partial charge in [0.15, 0.2) is 58.2 Å². The average Bonchev–Trinajstić information content (AvgIpc) is 0.844. The van der Waals surface area contributed by atoms with Crippen molar-refractivity contribution in [3.8, 4) is 153 Å². The molecule has 2 aliphatic heterocycles. The van der Waals surface area contributed by atoms with E-state index in [1.165, 1.54) is 16.4 Å². The van der Waals surface area contributed by atoms with Crippen LogP contribution in [0.1, 0.15) is 0 Å². The lowest BCUT2D eigenvalue weighted by molar-refractivity contribution is 1.07. The van der Waals surface area contributed by atoms with E-state index in [-0.39, 0.29) is 6.71 Å². The lowest BCUT2D eigenvalue weighted by Gasteiger charge is -2.45. The lowest BCUT2D eigenvalue weighted by Crippen LogP contribution is -2.61. The molecule has 0 fully saturated rings. The number of fused-ring (bicyclic) bond motifs is 7. The molecule has 0 N–H and O–H groups in total. The van der Waals surface area contributed by atoms with E-state index in [1.807, 2.05) is 188 Å². The summed E-state index contributed by atoms with van der Waals surface area (Å²) in [7, 11) is 0. The van der Waals surface area contributed by atoms with E-state index in [4.69, 9.17) is 54.8 Å². The summed E-state index contributed by atoms with van der Waals surface area (Å²) in [5.74, 6) is 5.32. The first-order valence-corrected chi connectivity index (χ1v) is 41.4. The molecule has 7 heterocycles.